The van der Waals surface area contributed by atoms with Crippen LogP contribution >= 0.6 is 0 Å². The number of amides is 1. The van der Waals surface area contributed by atoms with E-state index in [9.17, 15) is 25.0 Å². The van der Waals surface area contributed by atoms with Gasteiger partial charge in [0.05, 0.1) is 31.0 Å². The van der Waals surface area contributed by atoms with Gasteiger partial charge in [0.1, 0.15) is 17.5 Å². The summed E-state index contributed by atoms with van der Waals surface area (Å²) in [5.74, 6) is -3.32. The maximum absolute atomic E-state index is 14.9. The first kappa shape index (κ1) is 20.0. The van der Waals surface area contributed by atoms with E-state index in [4.69, 9.17) is 10.1 Å². The number of nitriles is 3. The van der Waals surface area contributed by atoms with E-state index in [1.54, 1.807) is 6.08 Å². The maximum atomic E-state index is 14.9. The number of benzene rings is 1. The monoisotopic (exact) mass is 391 g/mol. The summed E-state index contributed by atoms with van der Waals surface area (Å²) in [5.41, 5.74) is -1.82. The minimum absolute atomic E-state index is 0.0508. The standard InChI is InChI=1S/C21H18FN5O2/c1-12(28)27-6-5-14-16(8-23)20(26)21(10-24,11-25)19(17(14)9-27)15-7-13(29-2)3-4-18(15)22/h3-5,7,16-17,19,26H,6,9H2,1-2H3/t16?,17-,19-/m1/s1. The highest BCUT2D eigenvalue weighted by molar-refractivity contribution is 6.01. The molecule has 29 heavy (non-hydrogen) atoms. The second-order valence-electron chi connectivity index (χ2n) is 7.11. The lowest BCUT2D eigenvalue weighted by Gasteiger charge is -2.47. The van der Waals surface area contributed by atoms with Crippen molar-refractivity contribution in [3.8, 4) is 24.0 Å². The van der Waals surface area contributed by atoms with Gasteiger partial charge in [-0.15, -0.1) is 0 Å². The zero-order valence-electron chi connectivity index (χ0n) is 15.9. The molecule has 0 saturated heterocycles. The molecule has 1 saturated carbocycles. The Morgan fingerprint density at radius 2 is 2.03 bits per heavy atom. The Bertz CT molecular complexity index is 1030. The van der Waals surface area contributed by atoms with E-state index in [1.807, 2.05) is 18.2 Å². The largest absolute Gasteiger partial charge is 0.497 e. The normalized spacial score (nSPS) is 25.0. The van der Waals surface area contributed by atoms with Gasteiger partial charge in [0.2, 0.25) is 5.91 Å². The third kappa shape index (κ3) is 2.92. The first-order valence-electron chi connectivity index (χ1n) is 8.94. The van der Waals surface area contributed by atoms with Crippen molar-refractivity contribution in [1.82, 2.24) is 4.90 Å². The summed E-state index contributed by atoms with van der Waals surface area (Å²) >= 11 is 0. The molecule has 8 heteroatoms. The van der Waals surface area contributed by atoms with Gasteiger partial charge in [0.25, 0.3) is 0 Å². The molecule has 1 unspecified atom stereocenters. The number of halogens is 1. The molecule has 1 aromatic carbocycles. The first-order chi connectivity index (χ1) is 13.8. The van der Waals surface area contributed by atoms with Gasteiger partial charge >= 0.3 is 0 Å². The molecule has 1 fully saturated rings. The number of ether oxygens (including phenoxy) is 1. The Kier molecular flexibility index (Phi) is 5.10. The van der Waals surface area contributed by atoms with Crippen molar-refractivity contribution in [2.75, 3.05) is 20.2 Å². The molecular formula is C21H18FN5O2. The number of hydrogen-bond donors (Lipinski definition) is 1. The summed E-state index contributed by atoms with van der Waals surface area (Å²) in [6, 6.07) is 9.82. The highest BCUT2D eigenvalue weighted by atomic mass is 19.1. The van der Waals surface area contributed by atoms with Gasteiger partial charge in [0, 0.05) is 31.8 Å². The maximum Gasteiger partial charge on any atom is 0.219 e. The summed E-state index contributed by atoms with van der Waals surface area (Å²) in [4.78, 5) is 13.5. The predicted octanol–water partition coefficient (Wildman–Crippen LogP) is 2.53. The number of nitrogens with zero attached hydrogens (tertiary/aromatic N) is 4. The van der Waals surface area contributed by atoms with Gasteiger partial charge in [-0.2, -0.15) is 15.8 Å². The van der Waals surface area contributed by atoms with Crippen LogP contribution in [0.4, 0.5) is 4.39 Å². The fraction of sp³-hybridized carbons (Fsp3) is 0.381. The van der Waals surface area contributed by atoms with Crippen LogP contribution in [0.25, 0.3) is 0 Å². The predicted molar refractivity (Wildman–Crippen MR) is 100 cm³/mol. The third-order valence-corrected chi connectivity index (χ3v) is 5.77. The highest BCUT2D eigenvalue weighted by Gasteiger charge is 2.58. The molecule has 0 aromatic heterocycles. The molecule has 1 aromatic rings. The van der Waals surface area contributed by atoms with Crippen LogP contribution in [0.15, 0.2) is 29.8 Å². The second kappa shape index (κ2) is 7.37. The summed E-state index contributed by atoms with van der Waals surface area (Å²) in [7, 11) is 1.41. The molecule has 1 aliphatic heterocycles. The van der Waals surface area contributed by atoms with Gasteiger partial charge in [-0.1, -0.05) is 6.08 Å². The van der Waals surface area contributed by atoms with E-state index in [2.05, 4.69) is 0 Å². The minimum Gasteiger partial charge on any atom is -0.497 e. The molecule has 3 atom stereocenters. The Morgan fingerprint density at radius 3 is 2.59 bits per heavy atom. The molecule has 0 spiro atoms. The van der Waals surface area contributed by atoms with E-state index in [1.165, 1.54) is 37.1 Å². The van der Waals surface area contributed by atoms with Crippen molar-refractivity contribution in [3.63, 3.8) is 0 Å². The van der Waals surface area contributed by atoms with Gasteiger partial charge in [-0.25, -0.2) is 4.39 Å². The van der Waals surface area contributed by atoms with Crippen LogP contribution < -0.4 is 4.74 Å². The van der Waals surface area contributed by atoms with Crippen molar-refractivity contribution in [3.05, 3.63) is 41.2 Å². The number of methoxy groups -OCH3 is 1. The number of nitrogens with one attached hydrogen (secondary N) is 1. The summed E-state index contributed by atoms with van der Waals surface area (Å²) in [6.45, 7) is 1.78. The van der Waals surface area contributed by atoms with E-state index in [0.29, 0.717) is 11.3 Å². The summed E-state index contributed by atoms with van der Waals surface area (Å²) in [5, 5.41) is 38.1. The van der Waals surface area contributed by atoms with Crippen molar-refractivity contribution < 1.29 is 13.9 Å². The molecule has 7 nitrogen and oxygen atoms in total. The Balaban J connectivity index is 2.31. The number of carbonyl (C=O) groups is 1. The lowest BCUT2D eigenvalue weighted by Crippen LogP contribution is -2.53. The van der Waals surface area contributed by atoms with Gasteiger partial charge in [0.15, 0.2) is 5.41 Å². The minimum atomic E-state index is -2.05. The van der Waals surface area contributed by atoms with Crippen LogP contribution in [0.2, 0.25) is 0 Å². The number of carbonyl (C=O) groups excluding carboxylic acids is 1. The highest BCUT2D eigenvalue weighted by Crippen LogP contribution is 2.54. The quantitative estimate of drug-likeness (QED) is 0.776. The van der Waals surface area contributed by atoms with E-state index >= 15 is 0 Å². The second-order valence-corrected chi connectivity index (χ2v) is 7.11. The molecule has 0 radical (unpaired) electrons. The van der Waals surface area contributed by atoms with Crippen LogP contribution in [-0.4, -0.2) is 36.7 Å². The molecule has 1 heterocycles. The van der Waals surface area contributed by atoms with Crippen LogP contribution in [0.3, 0.4) is 0 Å². The topological polar surface area (TPSA) is 125 Å². The van der Waals surface area contributed by atoms with Gasteiger partial charge in [-0.05, 0) is 29.3 Å². The first-order valence-corrected chi connectivity index (χ1v) is 8.94. The van der Waals surface area contributed by atoms with Crippen molar-refractivity contribution in [2.45, 2.75) is 12.8 Å². The molecular weight excluding hydrogens is 373 g/mol. The fourth-order valence-corrected chi connectivity index (χ4v) is 4.30. The van der Waals surface area contributed by atoms with Crippen molar-refractivity contribution in [2.24, 2.45) is 17.3 Å². The van der Waals surface area contributed by atoms with Crippen molar-refractivity contribution >= 4 is 11.6 Å². The lowest BCUT2D eigenvalue weighted by molar-refractivity contribution is -0.129. The van der Waals surface area contributed by atoms with Crippen molar-refractivity contribution in [1.29, 1.82) is 21.2 Å². The Morgan fingerprint density at radius 1 is 1.34 bits per heavy atom. The van der Waals surface area contributed by atoms with Crippen LogP contribution in [0, 0.1) is 62.5 Å². The van der Waals surface area contributed by atoms with E-state index in [-0.39, 0.29) is 30.3 Å². The number of rotatable bonds is 2. The fourth-order valence-electron chi connectivity index (χ4n) is 4.30. The third-order valence-electron chi connectivity index (χ3n) is 5.77. The van der Waals surface area contributed by atoms with E-state index < -0.39 is 29.0 Å². The average molecular weight is 391 g/mol. The molecule has 1 amide bonds. The molecule has 3 rings (SSSR count). The summed E-state index contributed by atoms with van der Waals surface area (Å²) < 4.78 is 20.1. The molecule has 1 aliphatic carbocycles. The zero-order chi connectivity index (χ0) is 21.3. The summed E-state index contributed by atoms with van der Waals surface area (Å²) in [6.07, 6.45) is 1.68. The Labute approximate surface area is 167 Å². The number of hydrogen-bond acceptors (Lipinski definition) is 6. The smallest absolute Gasteiger partial charge is 0.219 e. The van der Waals surface area contributed by atoms with E-state index in [0.717, 1.165) is 0 Å². The van der Waals surface area contributed by atoms with Gasteiger partial charge in [-0.3, -0.25) is 4.79 Å². The van der Waals surface area contributed by atoms with Crippen LogP contribution in [-0.2, 0) is 4.79 Å². The zero-order valence-corrected chi connectivity index (χ0v) is 15.9. The van der Waals surface area contributed by atoms with Crippen LogP contribution in [0.5, 0.6) is 5.75 Å². The SMILES string of the molecule is COc1ccc(F)c([C@@H]2[C@@H]3CN(C(C)=O)CC=C3C(C#N)C(=N)C2(C#N)C#N)c1. The molecule has 0 bridgehead atoms. The van der Waals surface area contributed by atoms with Gasteiger partial charge < -0.3 is 15.0 Å². The average Bonchev–Trinajstić information content (AvgIpc) is 2.73. The van der Waals surface area contributed by atoms with Crippen LogP contribution in [0.1, 0.15) is 18.4 Å². The number of fused-ring (bicyclic) bond motifs is 1. The molecule has 146 valence electrons. The molecule has 2 aliphatic rings. The molecule has 1 N–H and O–H groups in total. The Hall–Kier alpha value is -3.70. The lowest BCUT2D eigenvalue weighted by atomic mass is 9.54.